The van der Waals surface area contributed by atoms with E-state index in [9.17, 15) is 9.59 Å². The first-order valence-corrected chi connectivity index (χ1v) is 10.3. The van der Waals surface area contributed by atoms with E-state index in [0.29, 0.717) is 38.1 Å². The molecule has 0 saturated heterocycles. The van der Waals surface area contributed by atoms with Gasteiger partial charge in [-0.2, -0.15) is 0 Å². The van der Waals surface area contributed by atoms with Crippen LogP contribution in [-0.2, 0) is 19.8 Å². The molecule has 4 heterocycles. The third-order valence-electron chi connectivity index (χ3n) is 4.67. The Bertz CT molecular complexity index is 1490. The van der Waals surface area contributed by atoms with E-state index in [1.54, 1.807) is 24.7 Å². The van der Waals surface area contributed by atoms with Gasteiger partial charge in [0.1, 0.15) is 10.5 Å². The zero-order valence-corrected chi connectivity index (χ0v) is 16.6. The van der Waals surface area contributed by atoms with E-state index >= 15 is 0 Å². The fraction of sp³-hybridized carbons (Fsp3) is 0.167. The molecule has 140 valence electrons. The van der Waals surface area contributed by atoms with Crippen LogP contribution >= 0.6 is 23.1 Å². The monoisotopic (exact) mass is 410 g/mol. The van der Waals surface area contributed by atoms with E-state index in [4.69, 9.17) is 0 Å². The Morgan fingerprint density at radius 2 is 1.86 bits per heavy atom. The maximum Gasteiger partial charge on any atom is 0.272 e. The van der Waals surface area contributed by atoms with Crippen LogP contribution in [-0.4, -0.2) is 28.7 Å². The Morgan fingerprint density at radius 3 is 2.71 bits per heavy atom. The molecular formula is C18H14N6O2S2. The van der Waals surface area contributed by atoms with Gasteiger partial charge >= 0.3 is 0 Å². The van der Waals surface area contributed by atoms with Crippen LogP contribution in [0.3, 0.4) is 0 Å². The average Bonchev–Trinajstić information content (AvgIpc) is 3.35. The van der Waals surface area contributed by atoms with E-state index < -0.39 is 0 Å². The number of thiophene rings is 1. The van der Waals surface area contributed by atoms with E-state index in [1.165, 1.54) is 27.7 Å². The van der Waals surface area contributed by atoms with Gasteiger partial charge in [-0.15, -0.1) is 21.5 Å². The number of thioether (sulfide) groups is 1. The molecule has 5 rings (SSSR count). The maximum absolute atomic E-state index is 12.6. The molecule has 0 aliphatic carbocycles. The SMILES string of the molecule is Cn1c(SCc2nnc3n(C)c(=O)c4sccc4n23)nc2ccccc2c1=O. The van der Waals surface area contributed by atoms with Gasteiger partial charge in [-0.3, -0.25) is 23.1 Å². The molecule has 28 heavy (non-hydrogen) atoms. The van der Waals surface area contributed by atoms with Crippen molar-refractivity contribution in [1.82, 2.24) is 28.7 Å². The Hall–Kier alpha value is -2.98. The van der Waals surface area contributed by atoms with Crippen molar-refractivity contribution in [1.29, 1.82) is 0 Å². The number of fused-ring (bicyclic) bond motifs is 4. The Balaban J connectivity index is 1.61. The zero-order valence-electron chi connectivity index (χ0n) is 15.0. The van der Waals surface area contributed by atoms with Crippen LogP contribution in [0, 0.1) is 0 Å². The van der Waals surface area contributed by atoms with Crippen LogP contribution in [0.4, 0.5) is 0 Å². The lowest BCUT2D eigenvalue weighted by Gasteiger charge is -2.08. The number of rotatable bonds is 3. The number of hydrogen-bond donors (Lipinski definition) is 0. The molecule has 4 aromatic heterocycles. The van der Waals surface area contributed by atoms with Gasteiger partial charge in [-0.1, -0.05) is 23.9 Å². The summed E-state index contributed by atoms with van der Waals surface area (Å²) in [5.41, 5.74) is 1.30. The van der Waals surface area contributed by atoms with Crippen LogP contribution in [0.1, 0.15) is 5.82 Å². The van der Waals surface area contributed by atoms with Crippen LogP contribution in [0.15, 0.2) is 50.5 Å². The highest BCUT2D eigenvalue weighted by molar-refractivity contribution is 7.98. The molecule has 0 unspecified atom stereocenters. The van der Waals surface area contributed by atoms with Gasteiger partial charge in [0.15, 0.2) is 5.16 Å². The van der Waals surface area contributed by atoms with Crippen LogP contribution in [0.2, 0.25) is 0 Å². The summed E-state index contributed by atoms with van der Waals surface area (Å²) in [4.78, 5) is 29.6. The predicted octanol–water partition coefficient (Wildman–Crippen LogP) is 2.18. The van der Waals surface area contributed by atoms with E-state index in [0.717, 1.165) is 5.52 Å². The van der Waals surface area contributed by atoms with Crippen LogP contribution < -0.4 is 11.1 Å². The maximum atomic E-state index is 12.6. The van der Waals surface area contributed by atoms with Gasteiger partial charge in [0.05, 0.1) is 22.2 Å². The summed E-state index contributed by atoms with van der Waals surface area (Å²) < 4.78 is 5.60. The Morgan fingerprint density at radius 1 is 1.04 bits per heavy atom. The molecule has 0 aliphatic rings. The highest BCUT2D eigenvalue weighted by atomic mass is 32.2. The Labute approximate surface area is 166 Å². The normalized spacial score (nSPS) is 11.8. The van der Waals surface area contributed by atoms with Gasteiger partial charge in [0, 0.05) is 14.1 Å². The second kappa shape index (κ2) is 6.28. The number of aryl methyl sites for hydroxylation is 1. The lowest BCUT2D eigenvalue weighted by molar-refractivity contribution is 0.725. The topological polar surface area (TPSA) is 87.1 Å². The average molecular weight is 410 g/mol. The molecule has 1 aromatic carbocycles. The van der Waals surface area contributed by atoms with Crippen molar-refractivity contribution in [2.24, 2.45) is 14.1 Å². The van der Waals surface area contributed by atoms with Crippen molar-refractivity contribution in [3.63, 3.8) is 0 Å². The number of nitrogens with zero attached hydrogens (tertiary/aromatic N) is 6. The summed E-state index contributed by atoms with van der Waals surface area (Å²) in [7, 11) is 3.41. The quantitative estimate of drug-likeness (QED) is 0.335. The van der Waals surface area contributed by atoms with Crippen molar-refractivity contribution in [3.8, 4) is 0 Å². The molecule has 0 amide bonds. The van der Waals surface area contributed by atoms with E-state index in [1.807, 2.05) is 34.0 Å². The van der Waals surface area contributed by atoms with Crippen molar-refractivity contribution in [2.75, 3.05) is 0 Å². The zero-order chi connectivity index (χ0) is 19.4. The highest BCUT2D eigenvalue weighted by Crippen LogP contribution is 2.24. The lowest BCUT2D eigenvalue weighted by atomic mass is 10.2. The molecule has 0 N–H and O–H groups in total. The smallest absolute Gasteiger partial charge is 0.272 e. The summed E-state index contributed by atoms with van der Waals surface area (Å²) in [5, 5.41) is 11.6. The summed E-state index contributed by atoms with van der Waals surface area (Å²) in [6.45, 7) is 0. The molecule has 5 aromatic rings. The first-order valence-electron chi connectivity index (χ1n) is 8.45. The molecule has 0 atom stereocenters. The minimum Gasteiger partial charge on any atom is -0.290 e. The molecule has 0 fully saturated rings. The van der Waals surface area contributed by atoms with Crippen LogP contribution in [0.25, 0.3) is 26.9 Å². The number of aromatic nitrogens is 6. The lowest BCUT2D eigenvalue weighted by Crippen LogP contribution is -2.20. The van der Waals surface area contributed by atoms with Gasteiger partial charge < -0.3 is 0 Å². The van der Waals surface area contributed by atoms with Crippen molar-refractivity contribution >= 4 is 50.0 Å². The van der Waals surface area contributed by atoms with E-state index in [2.05, 4.69) is 15.2 Å². The standard InChI is InChI=1S/C18H14N6O2S2/c1-22-16(26)14-12(7-8-27-14)24-13(20-21-17(22)24)9-28-18-19-11-6-4-3-5-10(11)15(25)23(18)2/h3-8H,9H2,1-2H3. The molecule has 10 heteroatoms. The predicted molar refractivity (Wildman–Crippen MR) is 110 cm³/mol. The van der Waals surface area contributed by atoms with Crippen molar-refractivity contribution < 1.29 is 0 Å². The van der Waals surface area contributed by atoms with Gasteiger partial charge in [0.25, 0.3) is 11.1 Å². The summed E-state index contributed by atoms with van der Waals surface area (Å²) >= 11 is 2.82. The fourth-order valence-electron chi connectivity index (χ4n) is 3.20. The second-order valence-corrected chi connectivity index (χ2v) is 8.17. The Kier molecular flexibility index (Phi) is 3.84. The fourth-order valence-corrected chi connectivity index (χ4v) is 4.94. The summed E-state index contributed by atoms with van der Waals surface area (Å²) in [6.07, 6.45) is 0. The molecule has 0 radical (unpaired) electrons. The molecule has 0 spiro atoms. The minimum absolute atomic E-state index is 0.0808. The van der Waals surface area contributed by atoms with Gasteiger partial charge in [-0.05, 0) is 23.6 Å². The highest BCUT2D eigenvalue weighted by Gasteiger charge is 2.17. The molecule has 0 saturated carbocycles. The van der Waals surface area contributed by atoms with Crippen molar-refractivity contribution in [3.05, 3.63) is 62.2 Å². The number of hydrogen-bond acceptors (Lipinski definition) is 7. The third kappa shape index (κ3) is 2.41. The largest absolute Gasteiger partial charge is 0.290 e. The number of para-hydroxylation sites is 1. The van der Waals surface area contributed by atoms with Crippen molar-refractivity contribution in [2.45, 2.75) is 10.9 Å². The molecule has 0 bridgehead atoms. The summed E-state index contributed by atoms with van der Waals surface area (Å²) in [6, 6.07) is 9.20. The molecule has 8 nitrogen and oxygen atoms in total. The van der Waals surface area contributed by atoms with E-state index in [-0.39, 0.29) is 11.1 Å². The number of benzene rings is 1. The minimum atomic E-state index is -0.0816. The van der Waals surface area contributed by atoms with Gasteiger partial charge in [0.2, 0.25) is 5.78 Å². The molecular weight excluding hydrogens is 396 g/mol. The molecule has 0 aliphatic heterocycles. The van der Waals surface area contributed by atoms with Gasteiger partial charge in [-0.25, -0.2) is 4.98 Å². The first-order chi connectivity index (χ1) is 13.6. The third-order valence-corrected chi connectivity index (χ3v) is 6.59. The second-order valence-electron chi connectivity index (χ2n) is 6.32. The summed E-state index contributed by atoms with van der Waals surface area (Å²) in [5.74, 6) is 1.65. The first kappa shape index (κ1) is 17.1. The van der Waals surface area contributed by atoms with Crippen LogP contribution in [0.5, 0.6) is 0 Å².